The molecule has 0 spiro atoms. The minimum Gasteiger partial charge on any atom is -0.320 e. The van der Waals surface area contributed by atoms with Gasteiger partial charge in [0.05, 0.1) is 6.04 Å². The van der Waals surface area contributed by atoms with Gasteiger partial charge in [0.1, 0.15) is 5.82 Å². The number of hydrogen-bond acceptors (Lipinski definition) is 1. The second-order valence-electron chi connectivity index (χ2n) is 4.50. The Labute approximate surface area is 115 Å². The summed E-state index contributed by atoms with van der Waals surface area (Å²) in [5.74, 6) is -0.273. The summed E-state index contributed by atoms with van der Waals surface area (Å²) in [5.41, 5.74) is 9.91. The molecule has 0 saturated heterocycles. The van der Waals surface area contributed by atoms with E-state index in [1.807, 2.05) is 26.0 Å². The molecule has 0 aliphatic carbocycles. The zero-order valence-electron chi connectivity index (χ0n) is 10.4. The Hall–Kier alpha value is -1.19. The first kappa shape index (κ1) is 13.2. The Morgan fingerprint density at radius 2 is 1.78 bits per heavy atom. The molecule has 0 aliphatic heterocycles. The highest BCUT2D eigenvalue weighted by Crippen LogP contribution is 2.27. The van der Waals surface area contributed by atoms with Crippen molar-refractivity contribution in [3.63, 3.8) is 0 Å². The van der Waals surface area contributed by atoms with E-state index in [4.69, 9.17) is 5.73 Å². The molecule has 0 saturated carbocycles. The third-order valence-corrected chi connectivity index (χ3v) is 3.55. The summed E-state index contributed by atoms with van der Waals surface area (Å²) in [5, 5.41) is 0. The molecule has 0 fully saturated rings. The largest absolute Gasteiger partial charge is 0.320 e. The van der Waals surface area contributed by atoms with Crippen molar-refractivity contribution < 1.29 is 4.39 Å². The van der Waals surface area contributed by atoms with Crippen LogP contribution in [0.2, 0.25) is 0 Å². The summed E-state index contributed by atoms with van der Waals surface area (Å²) in [6.45, 7) is 4.03. The first-order valence-electron chi connectivity index (χ1n) is 5.76. The predicted octanol–water partition coefficient (Wildman–Crippen LogP) is 4.25. The highest BCUT2D eigenvalue weighted by Gasteiger charge is 2.15. The second-order valence-corrected chi connectivity index (χ2v) is 5.42. The lowest BCUT2D eigenvalue weighted by Gasteiger charge is -2.16. The highest BCUT2D eigenvalue weighted by molar-refractivity contribution is 9.10. The standard InChI is InChI=1S/C15H15BrFN/c1-9-3-5-12(10(2)7-9)15(18)13-8-11(16)4-6-14(13)17/h3-8,15H,18H2,1-2H3. The average molecular weight is 308 g/mol. The number of halogens is 2. The van der Waals surface area contributed by atoms with E-state index in [1.165, 1.54) is 11.6 Å². The van der Waals surface area contributed by atoms with Crippen LogP contribution >= 0.6 is 15.9 Å². The van der Waals surface area contributed by atoms with Gasteiger partial charge in [0.2, 0.25) is 0 Å². The third kappa shape index (κ3) is 2.62. The van der Waals surface area contributed by atoms with Crippen LogP contribution < -0.4 is 5.73 Å². The van der Waals surface area contributed by atoms with Gasteiger partial charge in [-0.05, 0) is 43.2 Å². The molecule has 0 amide bonds. The zero-order chi connectivity index (χ0) is 13.3. The first-order chi connectivity index (χ1) is 8.49. The highest BCUT2D eigenvalue weighted by atomic mass is 79.9. The molecule has 0 aliphatic rings. The van der Waals surface area contributed by atoms with Gasteiger partial charge in [0.15, 0.2) is 0 Å². The van der Waals surface area contributed by atoms with Crippen molar-refractivity contribution in [3.8, 4) is 0 Å². The van der Waals surface area contributed by atoms with Crippen LogP contribution in [0.25, 0.3) is 0 Å². The molecule has 0 bridgehead atoms. The van der Waals surface area contributed by atoms with Gasteiger partial charge in [-0.2, -0.15) is 0 Å². The van der Waals surface area contributed by atoms with Crippen molar-refractivity contribution in [1.82, 2.24) is 0 Å². The molecule has 3 heteroatoms. The monoisotopic (exact) mass is 307 g/mol. The van der Waals surface area contributed by atoms with Crippen LogP contribution in [0.4, 0.5) is 4.39 Å². The summed E-state index contributed by atoms with van der Waals surface area (Å²) >= 11 is 3.35. The number of aryl methyl sites for hydroxylation is 2. The van der Waals surface area contributed by atoms with Gasteiger partial charge in [-0.1, -0.05) is 39.7 Å². The van der Waals surface area contributed by atoms with Gasteiger partial charge in [-0.25, -0.2) is 4.39 Å². The van der Waals surface area contributed by atoms with Crippen LogP contribution in [0.5, 0.6) is 0 Å². The molecular formula is C15H15BrFN. The van der Waals surface area contributed by atoms with Crippen molar-refractivity contribution in [2.45, 2.75) is 19.9 Å². The number of benzene rings is 2. The molecule has 1 atom stereocenters. The Morgan fingerprint density at radius 1 is 1.06 bits per heavy atom. The maximum Gasteiger partial charge on any atom is 0.128 e. The molecule has 2 N–H and O–H groups in total. The molecule has 1 unspecified atom stereocenters. The van der Waals surface area contributed by atoms with Crippen LogP contribution in [0.3, 0.4) is 0 Å². The van der Waals surface area contributed by atoms with Crippen molar-refractivity contribution in [2.24, 2.45) is 5.73 Å². The van der Waals surface area contributed by atoms with E-state index in [0.717, 1.165) is 15.6 Å². The Kier molecular flexibility index (Phi) is 3.83. The van der Waals surface area contributed by atoms with E-state index in [1.54, 1.807) is 12.1 Å². The van der Waals surface area contributed by atoms with Gasteiger partial charge in [-0.3, -0.25) is 0 Å². The quantitative estimate of drug-likeness (QED) is 0.881. The van der Waals surface area contributed by atoms with Crippen LogP contribution in [0.1, 0.15) is 28.3 Å². The minimum atomic E-state index is -0.442. The maximum atomic E-state index is 13.8. The van der Waals surface area contributed by atoms with E-state index in [2.05, 4.69) is 22.0 Å². The second kappa shape index (κ2) is 5.21. The van der Waals surface area contributed by atoms with Gasteiger partial charge >= 0.3 is 0 Å². The van der Waals surface area contributed by atoms with Gasteiger partial charge in [0, 0.05) is 10.0 Å². The molecular weight excluding hydrogens is 293 g/mol. The number of rotatable bonds is 2. The first-order valence-corrected chi connectivity index (χ1v) is 6.56. The van der Waals surface area contributed by atoms with Crippen molar-refractivity contribution in [1.29, 1.82) is 0 Å². The van der Waals surface area contributed by atoms with Gasteiger partial charge in [0.25, 0.3) is 0 Å². The summed E-state index contributed by atoms with van der Waals surface area (Å²) in [6.07, 6.45) is 0. The lowest BCUT2D eigenvalue weighted by atomic mass is 9.94. The predicted molar refractivity (Wildman–Crippen MR) is 76.0 cm³/mol. The Bertz CT molecular complexity index is 581. The van der Waals surface area contributed by atoms with E-state index < -0.39 is 6.04 Å². The summed E-state index contributed by atoms with van der Waals surface area (Å²) in [7, 11) is 0. The molecule has 0 radical (unpaired) electrons. The zero-order valence-corrected chi connectivity index (χ0v) is 12.0. The molecule has 0 aromatic heterocycles. The lowest BCUT2D eigenvalue weighted by Crippen LogP contribution is -2.15. The van der Waals surface area contributed by atoms with Crippen LogP contribution in [-0.2, 0) is 0 Å². The molecule has 18 heavy (non-hydrogen) atoms. The maximum absolute atomic E-state index is 13.8. The fourth-order valence-corrected chi connectivity index (χ4v) is 2.47. The summed E-state index contributed by atoms with van der Waals surface area (Å²) in [6, 6.07) is 10.4. The van der Waals surface area contributed by atoms with Crippen LogP contribution in [-0.4, -0.2) is 0 Å². The normalized spacial score (nSPS) is 12.5. The van der Waals surface area contributed by atoms with E-state index in [0.29, 0.717) is 5.56 Å². The number of hydrogen-bond donors (Lipinski definition) is 1. The summed E-state index contributed by atoms with van der Waals surface area (Å²) in [4.78, 5) is 0. The van der Waals surface area contributed by atoms with Crippen molar-refractivity contribution in [2.75, 3.05) is 0 Å². The number of nitrogens with two attached hydrogens (primary N) is 1. The lowest BCUT2D eigenvalue weighted by molar-refractivity contribution is 0.599. The molecule has 0 heterocycles. The van der Waals surface area contributed by atoms with Gasteiger partial charge < -0.3 is 5.73 Å². The van der Waals surface area contributed by atoms with Crippen LogP contribution in [0.15, 0.2) is 40.9 Å². The Morgan fingerprint density at radius 3 is 2.44 bits per heavy atom. The van der Waals surface area contributed by atoms with E-state index in [-0.39, 0.29) is 5.82 Å². The SMILES string of the molecule is Cc1ccc(C(N)c2cc(Br)ccc2F)c(C)c1. The average Bonchev–Trinajstić information content (AvgIpc) is 2.31. The molecule has 2 rings (SSSR count). The molecule has 1 nitrogen and oxygen atoms in total. The molecule has 94 valence electrons. The summed E-state index contributed by atoms with van der Waals surface area (Å²) < 4.78 is 14.6. The molecule has 2 aromatic rings. The molecule has 2 aromatic carbocycles. The van der Waals surface area contributed by atoms with E-state index >= 15 is 0 Å². The van der Waals surface area contributed by atoms with Gasteiger partial charge in [-0.15, -0.1) is 0 Å². The smallest absolute Gasteiger partial charge is 0.128 e. The third-order valence-electron chi connectivity index (χ3n) is 3.05. The van der Waals surface area contributed by atoms with E-state index in [9.17, 15) is 4.39 Å². The minimum absolute atomic E-state index is 0.273. The topological polar surface area (TPSA) is 26.0 Å². The van der Waals surface area contributed by atoms with Crippen molar-refractivity contribution in [3.05, 3.63) is 68.9 Å². The van der Waals surface area contributed by atoms with Crippen LogP contribution in [0, 0.1) is 19.7 Å². The van der Waals surface area contributed by atoms with Crippen molar-refractivity contribution >= 4 is 15.9 Å². The fourth-order valence-electron chi connectivity index (χ4n) is 2.10. The Balaban J connectivity index is 2.47. The fraction of sp³-hybridized carbons (Fsp3) is 0.200.